The Morgan fingerprint density at radius 2 is 1.74 bits per heavy atom. The van der Waals surface area contributed by atoms with Gasteiger partial charge in [-0.05, 0) is 19.8 Å². The molecule has 118 valence electrons. The summed E-state index contributed by atoms with van der Waals surface area (Å²) in [4.78, 5) is 8.57. The molecule has 1 aromatic carbocycles. The van der Waals surface area contributed by atoms with Gasteiger partial charge in [0.1, 0.15) is 11.5 Å². The Balaban J connectivity index is 1.98. The molecule has 3 aromatic rings. The molecule has 0 aliphatic heterocycles. The Kier molecular flexibility index (Phi) is 3.18. The van der Waals surface area contributed by atoms with Gasteiger partial charge in [-0.2, -0.15) is 15.1 Å². The van der Waals surface area contributed by atoms with Crippen molar-refractivity contribution >= 4 is 22.8 Å². The number of nitrogen functional groups attached to an aromatic ring is 2. The fourth-order valence-corrected chi connectivity index (χ4v) is 3.40. The molecule has 6 heteroatoms. The van der Waals surface area contributed by atoms with E-state index in [1.807, 2.05) is 4.68 Å². The van der Waals surface area contributed by atoms with Crippen LogP contribution in [0.2, 0.25) is 0 Å². The van der Waals surface area contributed by atoms with Crippen LogP contribution in [-0.4, -0.2) is 19.7 Å². The number of nitrogens with two attached hydrogens (primary N) is 2. The molecule has 2 aromatic heterocycles. The van der Waals surface area contributed by atoms with Crippen molar-refractivity contribution in [3.05, 3.63) is 29.8 Å². The summed E-state index contributed by atoms with van der Waals surface area (Å²) in [5.41, 5.74) is 15.8. The van der Waals surface area contributed by atoms with E-state index in [4.69, 9.17) is 16.6 Å². The smallest absolute Gasteiger partial charge is 0.224 e. The van der Waals surface area contributed by atoms with Crippen LogP contribution in [0.25, 0.3) is 22.3 Å². The molecule has 0 bridgehead atoms. The molecule has 23 heavy (non-hydrogen) atoms. The highest BCUT2D eigenvalue weighted by molar-refractivity contribution is 5.99. The van der Waals surface area contributed by atoms with Crippen LogP contribution in [0.3, 0.4) is 0 Å². The van der Waals surface area contributed by atoms with Crippen LogP contribution < -0.4 is 11.5 Å². The van der Waals surface area contributed by atoms with Crippen molar-refractivity contribution in [2.24, 2.45) is 0 Å². The standard InChI is InChI=1S/C17H20N6/c1-10-6-8-11(9-7-10)14-13-15(18)20-17(19)21-16(13)23(22-14)12-4-2-3-5-12/h6-9,12H,2-5H2,1H3,(H4,18,19,20,21). The quantitative estimate of drug-likeness (QED) is 0.758. The minimum atomic E-state index is 0.199. The first-order valence-corrected chi connectivity index (χ1v) is 8.02. The normalized spacial score (nSPS) is 15.5. The predicted molar refractivity (Wildman–Crippen MR) is 91.8 cm³/mol. The van der Waals surface area contributed by atoms with Crippen LogP contribution in [0.1, 0.15) is 37.3 Å². The zero-order valence-corrected chi connectivity index (χ0v) is 13.2. The van der Waals surface area contributed by atoms with Crippen LogP contribution in [0.5, 0.6) is 0 Å². The first kappa shape index (κ1) is 14.0. The van der Waals surface area contributed by atoms with E-state index in [-0.39, 0.29) is 5.95 Å². The average molecular weight is 308 g/mol. The van der Waals surface area contributed by atoms with Crippen LogP contribution in [0, 0.1) is 6.92 Å². The number of fused-ring (bicyclic) bond motifs is 1. The fourth-order valence-electron chi connectivity index (χ4n) is 3.40. The van der Waals surface area contributed by atoms with Crippen LogP contribution in [0.4, 0.5) is 11.8 Å². The second kappa shape index (κ2) is 5.22. The number of nitrogens with zero attached hydrogens (tertiary/aromatic N) is 4. The van der Waals surface area contributed by atoms with Gasteiger partial charge in [-0.25, -0.2) is 4.68 Å². The zero-order valence-electron chi connectivity index (χ0n) is 13.2. The first-order valence-electron chi connectivity index (χ1n) is 8.02. The lowest BCUT2D eigenvalue weighted by Gasteiger charge is -2.10. The summed E-state index contributed by atoms with van der Waals surface area (Å²) in [5, 5.41) is 5.65. The third-order valence-corrected chi connectivity index (χ3v) is 4.59. The van der Waals surface area contributed by atoms with E-state index in [1.165, 1.54) is 18.4 Å². The van der Waals surface area contributed by atoms with Crippen molar-refractivity contribution in [1.29, 1.82) is 0 Å². The van der Waals surface area contributed by atoms with Gasteiger partial charge in [-0.15, -0.1) is 0 Å². The first-order chi connectivity index (χ1) is 11.1. The number of hydrogen-bond acceptors (Lipinski definition) is 5. The number of aryl methyl sites for hydroxylation is 1. The van der Waals surface area contributed by atoms with Crippen LogP contribution in [-0.2, 0) is 0 Å². The topological polar surface area (TPSA) is 95.6 Å². The van der Waals surface area contributed by atoms with Crippen molar-refractivity contribution in [3.8, 4) is 11.3 Å². The molecule has 4 N–H and O–H groups in total. The molecule has 4 rings (SSSR count). The number of rotatable bonds is 2. The Bertz CT molecular complexity index is 859. The number of benzene rings is 1. The molecule has 0 unspecified atom stereocenters. The van der Waals surface area contributed by atoms with E-state index in [0.717, 1.165) is 35.1 Å². The maximum Gasteiger partial charge on any atom is 0.224 e. The molecule has 6 nitrogen and oxygen atoms in total. The molecule has 0 spiro atoms. The third kappa shape index (κ3) is 2.30. The van der Waals surface area contributed by atoms with E-state index < -0.39 is 0 Å². The third-order valence-electron chi connectivity index (χ3n) is 4.59. The van der Waals surface area contributed by atoms with E-state index in [1.54, 1.807) is 0 Å². The maximum atomic E-state index is 6.15. The molecule has 0 radical (unpaired) electrons. The Labute approximate surface area is 134 Å². The molecular formula is C17H20N6. The van der Waals surface area contributed by atoms with Gasteiger partial charge >= 0.3 is 0 Å². The van der Waals surface area contributed by atoms with Gasteiger partial charge in [0.2, 0.25) is 5.95 Å². The Morgan fingerprint density at radius 1 is 1.04 bits per heavy atom. The summed E-state index contributed by atoms with van der Waals surface area (Å²) in [5.74, 6) is 0.594. The van der Waals surface area contributed by atoms with Gasteiger partial charge in [0, 0.05) is 5.56 Å². The Hall–Kier alpha value is -2.63. The summed E-state index contributed by atoms with van der Waals surface area (Å²) in [7, 11) is 0. The lowest BCUT2D eigenvalue weighted by Crippen LogP contribution is -2.09. The number of aromatic nitrogens is 4. The number of hydrogen-bond donors (Lipinski definition) is 2. The van der Waals surface area contributed by atoms with E-state index >= 15 is 0 Å². The van der Waals surface area contributed by atoms with Gasteiger partial charge in [-0.3, -0.25) is 0 Å². The fraction of sp³-hybridized carbons (Fsp3) is 0.353. The molecule has 0 atom stereocenters. The van der Waals surface area contributed by atoms with Crippen molar-refractivity contribution in [1.82, 2.24) is 19.7 Å². The highest BCUT2D eigenvalue weighted by atomic mass is 15.3. The largest absolute Gasteiger partial charge is 0.383 e. The molecule has 0 amide bonds. The minimum Gasteiger partial charge on any atom is -0.383 e. The van der Waals surface area contributed by atoms with Gasteiger partial charge < -0.3 is 11.5 Å². The molecule has 0 saturated heterocycles. The van der Waals surface area contributed by atoms with Crippen molar-refractivity contribution in [2.45, 2.75) is 38.6 Å². The van der Waals surface area contributed by atoms with Gasteiger partial charge in [0.25, 0.3) is 0 Å². The highest BCUT2D eigenvalue weighted by Gasteiger charge is 2.25. The summed E-state index contributed by atoms with van der Waals surface area (Å²) in [6.07, 6.45) is 4.69. The van der Waals surface area contributed by atoms with Crippen LogP contribution >= 0.6 is 0 Å². The molecule has 1 fully saturated rings. The van der Waals surface area contributed by atoms with E-state index in [2.05, 4.69) is 41.2 Å². The average Bonchev–Trinajstić information content (AvgIpc) is 3.15. The molecule has 1 aliphatic carbocycles. The van der Waals surface area contributed by atoms with Crippen molar-refractivity contribution in [3.63, 3.8) is 0 Å². The number of anilines is 2. The highest BCUT2D eigenvalue weighted by Crippen LogP contribution is 2.36. The lowest BCUT2D eigenvalue weighted by molar-refractivity contribution is 0.480. The molecule has 1 saturated carbocycles. The summed E-state index contributed by atoms with van der Waals surface area (Å²) < 4.78 is 2.01. The predicted octanol–water partition coefficient (Wildman–Crippen LogP) is 3.08. The lowest BCUT2D eigenvalue weighted by atomic mass is 10.1. The zero-order chi connectivity index (χ0) is 16.0. The Morgan fingerprint density at radius 3 is 2.43 bits per heavy atom. The summed E-state index contributed by atoms with van der Waals surface area (Å²) >= 11 is 0. The SMILES string of the molecule is Cc1ccc(-c2nn(C3CCCC3)c3nc(N)nc(N)c23)cc1. The van der Waals surface area contributed by atoms with E-state index in [9.17, 15) is 0 Å². The van der Waals surface area contributed by atoms with Crippen LogP contribution in [0.15, 0.2) is 24.3 Å². The monoisotopic (exact) mass is 308 g/mol. The molecular weight excluding hydrogens is 288 g/mol. The second-order valence-corrected chi connectivity index (χ2v) is 6.26. The summed E-state index contributed by atoms with van der Waals surface area (Å²) in [6.45, 7) is 2.07. The second-order valence-electron chi connectivity index (χ2n) is 6.26. The van der Waals surface area contributed by atoms with Gasteiger partial charge in [0.15, 0.2) is 5.65 Å². The minimum absolute atomic E-state index is 0.199. The van der Waals surface area contributed by atoms with Crippen molar-refractivity contribution < 1.29 is 0 Å². The maximum absolute atomic E-state index is 6.15. The van der Waals surface area contributed by atoms with Gasteiger partial charge in [-0.1, -0.05) is 42.7 Å². The van der Waals surface area contributed by atoms with Crippen molar-refractivity contribution in [2.75, 3.05) is 11.5 Å². The molecule has 2 heterocycles. The van der Waals surface area contributed by atoms with Gasteiger partial charge in [0.05, 0.1) is 11.4 Å². The van der Waals surface area contributed by atoms with E-state index in [0.29, 0.717) is 11.9 Å². The molecule has 1 aliphatic rings. The summed E-state index contributed by atoms with van der Waals surface area (Å²) in [6, 6.07) is 8.64.